The molecule has 1 aliphatic carbocycles. The zero-order valence-electron chi connectivity index (χ0n) is 19.6. The molecule has 35 heavy (non-hydrogen) atoms. The molecule has 186 valence electrons. The molecule has 1 heterocycles. The average Bonchev–Trinajstić information content (AvgIpc) is 3.71. The van der Waals surface area contributed by atoms with Crippen LogP contribution in [-0.2, 0) is 0 Å². The minimum Gasteiger partial charge on any atom is -0.361 e. The zero-order valence-corrected chi connectivity index (χ0v) is 23.6. The van der Waals surface area contributed by atoms with E-state index in [9.17, 15) is 8.78 Å². The van der Waals surface area contributed by atoms with Crippen LogP contribution in [0.25, 0.3) is 0 Å². The van der Waals surface area contributed by atoms with Crippen molar-refractivity contribution in [2.45, 2.75) is 32.1 Å². The summed E-state index contributed by atoms with van der Waals surface area (Å²) in [5, 5.41) is 15.6. The summed E-state index contributed by atoms with van der Waals surface area (Å²) in [5.74, 6) is 0.754. The van der Waals surface area contributed by atoms with Crippen molar-refractivity contribution in [3.8, 4) is 6.07 Å². The molecule has 0 aliphatic heterocycles. The molecular formula is C23H27F2IN7PS. The zero-order chi connectivity index (χ0) is 25.5. The lowest BCUT2D eigenvalue weighted by atomic mass is 10.1. The van der Waals surface area contributed by atoms with Gasteiger partial charge in [0.2, 0.25) is 0 Å². The molecule has 1 aromatic carbocycles. The standard InChI is InChI=1S/C23H27F2IN7PS/c1-14(11-27)12-29-16-7-8-17(20(9-16)32(3)35-4)30-19-10-18(15-5-6-15)31-23(22(19)28-2)33(34-26)13-21(24)25/h7-10,12,15,21,29,34H,2,5-6,13H2,1,3-4H3,(H,30,31)/b14-12-. The molecule has 7 nitrogen and oxygen atoms in total. The van der Waals surface area contributed by atoms with Crippen molar-refractivity contribution in [2.75, 3.05) is 39.5 Å². The Morgan fingerprint density at radius 2 is 2.17 bits per heavy atom. The second-order valence-electron chi connectivity index (χ2n) is 7.91. The number of pyridine rings is 1. The third-order valence-corrected chi connectivity index (χ3v) is 8.43. The first-order valence-electron chi connectivity index (χ1n) is 10.8. The van der Waals surface area contributed by atoms with Crippen molar-refractivity contribution in [1.82, 2.24) is 4.98 Å². The summed E-state index contributed by atoms with van der Waals surface area (Å²) in [6.07, 6.45) is 3.29. The molecule has 0 saturated heterocycles. The van der Waals surface area contributed by atoms with Gasteiger partial charge in [0, 0.05) is 48.7 Å². The number of benzene rings is 1. The summed E-state index contributed by atoms with van der Waals surface area (Å²) in [7, 11) is 1.95. The molecule has 12 heteroatoms. The predicted molar refractivity (Wildman–Crippen MR) is 156 cm³/mol. The topological polar surface area (TPSA) is 79.6 Å². The monoisotopic (exact) mass is 629 g/mol. The average molecular weight is 629 g/mol. The van der Waals surface area contributed by atoms with Gasteiger partial charge in [-0.15, -0.1) is 0 Å². The molecule has 1 atom stereocenters. The maximum absolute atomic E-state index is 13.3. The molecule has 0 amide bonds. The number of nitrogens with zero attached hydrogens (tertiary/aromatic N) is 5. The lowest BCUT2D eigenvalue weighted by molar-refractivity contribution is 0.159. The molecule has 1 aliphatic rings. The number of allylic oxidation sites excluding steroid dienone is 1. The van der Waals surface area contributed by atoms with E-state index in [4.69, 9.17) is 10.2 Å². The Balaban J connectivity index is 2.06. The Hall–Kier alpha value is -2.16. The van der Waals surface area contributed by atoms with Gasteiger partial charge in [0.25, 0.3) is 6.43 Å². The van der Waals surface area contributed by atoms with E-state index in [0.29, 0.717) is 28.7 Å². The van der Waals surface area contributed by atoms with Crippen LogP contribution in [0.5, 0.6) is 0 Å². The van der Waals surface area contributed by atoms with Crippen molar-refractivity contribution in [3.05, 3.63) is 41.7 Å². The number of nitrogens with one attached hydrogen (secondary N) is 2. The van der Waals surface area contributed by atoms with Gasteiger partial charge in [0.15, 0.2) is 5.82 Å². The van der Waals surface area contributed by atoms with Crippen molar-refractivity contribution in [1.29, 1.82) is 5.26 Å². The van der Waals surface area contributed by atoms with Crippen molar-refractivity contribution >= 4 is 81.3 Å². The van der Waals surface area contributed by atoms with E-state index in [1.54, 1.807) is 29.7 Å². The largest absolute Gasteiger partial charge is 0.361 e. The van der Waals surface area contributed by atoms with Gasteiger partial charge >= 0.3 is 0 Å². The maximum Gasteiger partial charge on any atom is 0.256 e. The van der Waals surface area contributed by atoms with Gasteiger partial charge in [0.1, 0.15) is 5.69 Å². The number of nitriles is 1. The minimum absolute atomic E-state index is 0.0795. The highest BCUT2D eigenvalue weighted by molar-refractivity contribution is 14.2. The number of anilines is 5. The summed E-state index contributed by atoms with van der Waals surface area (Å²) >= 11 is 3.64. The smallest absolute Gasteiger partial charge is 0.256 e. The quantitative estimate of drug-likeness (QED) is 0.0823. The van der Waals surface area contributed by atoms with E-state index >= 15 is 0 Å². The van der Waals surface area contributed by atoms with E-state index in [-0.39, 0.29) is 6.37 Å². The summed E-state index contributed by atoms with van der Waals surface area (Å²) in [6, 6.07) is 9.85. The van der Waals surface area contributed by atoms with Crippen molar-refractivity contribution < 1.29 is 8.78 Å². The normalized spacial score (nSPS) is 13.7. The molecule has 3 rings (SSSR count). The third kappa shape index (κ3) is 7.18. The van der Waals surface area contributed by atoms with E-state index in [0.717, 1.165) is 35.6 Å². The third-order valence-electron chi connectivity index (χ3n) is 5.34. The molecule has 0 spiro atoms. The van der Waals surface area contributed by atoms with Crippen LogP contribution in [0.4, 0.5) is 43.0 Å². The molecule has 0 bridgehead atoms. The summed E-state index contributed by atoms with van der Waals surface area (Å²) in [5.41, 5.74) is 5.10. The molecule has 1 aromatic heterocycles. The first-order valence-corrected chi connectivity index (χ1v) is 16.0. The SMILES string of the molecule is C=Nc1c(Nc2ccc(N/C=C(/C)C#N)cc2N(C)SC)cc(C2CC2)nc1N(CC(F)F)PI. The number of rotatable bonds is 12. The van der Waals surface area contributed by atoms with Crippen LogP contribution >= 0.6 is 40.4 Å². The fourth-order valence-electron chi connectivity index (χ4n) is 3.33. The molecule has 2 aromatic rings. The van der Waals surface area contributed by atoms with Gasteiger partial charge in [-0.05, 0) is 72.8 Å². The molecule has 1 fully saturated rings. The van der Waals surface area contributed by atoms with Gasteiger partial charge in [-0.2, -0.15) is 5.26 Å². The summed E-state index contributed by atoms with van der Waals surface area (Å²) < 4.78 is 30.2. The van der Waals surface area contributed by atoms with E-state index in [1.165, 1.54) is 0 Å². The van der Waals surface area contributed by atoms with Crippen LogP contribution in [0, 0.1) is 11.3 Å². The van der Waals surface area contributed by atoms with Gasteiger partial charge in [-0.25, -0.2) is 13.8 Å². The van der Waals surface area contributed by atoms with Crippen molar-refractivity contribution in [3.63, 3.8) is 0 Å². The molecule has 0 radical (unpaired) electrons. The number of hydrogen-bond donors (Lipinski definition) is 2. The van der Waals surface area contributed by atoms with Crippen LogP contribution < -0.4 is 19.6 Å². The van der Waals surface area contributed by atoms with Gasteiger partial charge in [-0.1, -0.05) is 11.9 Å². The molecule has 1 unspecified atom stereocenters. The fourth-order valence-corrected chi connectivity index (χ4v) is 5.39. The highest BCUT2D eigenvalue weighted by Gasteiger charge is 2.29. The Morgan fingerprint density at radius 3 is 2.74 bits per heavy atom. The van der Waals surface area contributed by atoms with Gasteiger partial charge in [-0.3, -0.25) is 4.99 Å². The lowest BCUT2D eigenvalue weighted by Gasteiger charge is -2.25. The maximum atomic E-state index is 13.3. The van der Waals surface area contributed by atoms with E-state index < -0.39 is 13.0 Å². The number of hydrogen-bond acceptors (Lipinski definition) is 8. The minimum atomic E-state index is -2.49. The van der Waals surface area contributed by atoms with Gasteiger partial charge < -0.3 is 19.6 Å². The number of aromatic nitrogens is 1. The second kappa shape index (κ2) is 12.7. The highest BCUT2D eigenvalue weighted by atomic mass is 127. The Labute approximate surface area is 223 Å². The van der Waals surface area contributed by atoms with E-state index in [1.807, 2.05) is 41.9 Å². The summed E-state index contributed by atoms with van der Waals surface area (Å²) in [6.45, 7) is 5.03. The highest BCUT2D eigenvalue weighted by Crippen LogP contribution is 2.48. The Bertz CT molecular complexity index is 1140. The number of halogens is 3. The van der Waals surface area contributed by atoms with Crippen LogP contribution in [-0.4, -0.2) is 38.0 Å². The van der Waals surface area contributed by atoms with Crippen LogP contribution in [0.2, 0.25) is 0 Å². The van der Waals surface area contributed by atoms with Crippen molar-refractivity contribution in [2.24, 2.45) is 4.99 Å². The summed E-state index contributed by atoms with van der Waals surface area (Å²) in [4.78, 5) is 8.94. The molecule has 2 N–H and O–H groups in total. The molecular weight excluding hydrogens is 602 g/mol. The predicted octanol–water partition coefficient (Wildman–Crippen LogP) is 7.60. The Kier molecular flexibility index (Phi) is 9.95. The van der Waals surface area contributed by atoms with Gasteiger partial charge in [0.05, 0.1) is 29.7 Å². The Morgan fingerprint density at radius 1 is 1.43 bits per heavy atom. The second-order valence-corrected chi connectivity index (χ2v) is 11.0. The number of aliphatic imine (C=N–C) groups is 1. The van der Waals surface area contributed by atoms with E-state index in [2.05, 4.69) is 50.5 Å². The lowest BCUT2D eigenvalue weighted by Crippen LogP contribution is -2.21. The number of alkyl halides is 2. The first-order chi connectivity index (χ1) is 16.8. The first kappa shape index (κ1) is 27.4. The van der Waals surface area contributed by atoms with Crippen LogP contribution in [0.3, 0.4) is 0 Å². The molecule has 1 saturated carbocycles. The van der Waals surface area contributed by atoms with Crippen LogP contribution in [0.15, 0.2) is 41.0 Å². The van der Waals surface area contributed by atoms with Crippen LogP contribution in [0.1, 0.15) is 31.4 Å². The fraction of sp³-hybridized carbons (Fsp3) is 0.348.